The molecule has 0 aliphatic carbocycles. The van der Waals surface area contributed by atoms with E-state index in [9.17, 15) is 4.79 Å². The molecular formula is C15H22N4OS2. The van der Waals surface area contributed by atoms with Crippen molar-refractivity contribution in [2.75, 3.05) is 6.54 Å². The molecule has 22 heavy (non-hydrogen) atoms. The number of nitrogens with zero attached hydrogens (tertiary/aromatic N) is 3. The van der Waals surface area contributed by atoms with E-state index in [0.29, 0.717) is 12.5 Å². The zero-order valence-electron chi connectivity index (χ0n) is 13.4. The Morgan fingerprint density at radius 2 is 2.18 bits per heavy atom. The second-order valence-electron chi connectivity index (χ2n) is 5.43. The average molecular weight is 339 g/mol. The average Bonchev–Trinajstić information content (AvgIpc) is 3.12. The van der Waals surface area contributed by atoms with E-state index in [0.717, 1.165) is 22.4 Å². The summed E-state index contributed by atoms with van der Waals surface area (Å²) in [7, 11) is 0. The molecule has 5 nitrogen and oxygen atoms in total. The third-order valence-electron chi connectivity index (χ3n) is 3.11. The van der Waals surface area contributed by atoms with Gasteiger partial charge < -0.3 is 9.88 Å². The molecule has 0 saturated carbocycles. The predicted molar refractivity (Wildman–Crippen MR) is 92.2 cm³/mol. The third kappa shape index (κ3) is 4.10. The molecular weight excluding hydrogens is 316 g/mol. The van der Waals surface area contributed by atoms with Crippen LogP contribution in [0.4, 0.5) is 0 Å². The fourth-order valence-corrected chi connectivity index (χ4v) is 3.56. The monoisotopic (exact) mass is 338 g/mol. The van der Waals surface area contributed by atoms with Crippen molar-refractivity contribution < 1.29 is 4.79 Å². The molecule has 0 fully saturated rings. The number of amides is 1. The zero-order valence-corrected chi connectivity index (χ0v) is 15.0. The smallest absolute Gasteiger partial charge is 0.233 e. The van der Waals surface area contributed by atoms with Crippen molar-refractivity contribution in [1.29, 1.82) is 0 Å². The minimum Gasteiger partial charge on any atom is -0.355 e. The van der Waals surface area contributed by atoms with Crippen molar-refractivity contribution in [1.82, 2.24) is 20.1 Å². The fourth-order valence-electron chi connectivity index (χ4n) is 1.91. The Bertz CT molecular complexity index is 607. The first-order chi connectivity index (χ1) is 10.5. The van der Waals surface area contributed by atoms with E-state index in [4.69, 9.17) is 0 Å². The van der Waals surface area contributed by atoms with Crippen LogP contribution < -0.4 is 5.32 Å². The molecule has 0 spiro atoms. The number of aromatic nitrogens is 3. The number of thioether (sulfide) groups is 1. The maximum absolute atomic E-state index is 12.1. The zero-order chi connectivity index (χ0) is 16.1. The van der Waals surface area contributed by atoms with Crippen LogP contribution in [0, 0.1) is 5.92 Å². The van der Waals surface area contributed by atoms with Crippen LogP contribution in [0.1, 0.15) is 27.7 Å². The van der Waals surface area contributed by atoms with Gasteiger partial charge in [-0.25, -0.2) is 0 Å². The number of carbonyl (C=O) groups excluding carboxylic acids is 1. The van der Waals surface area contributed by atoms with Crippen LogP contribution in [0.15, 0.2) is 22.7 Å². The largest absolute Gasteiger partial charge is 0.355 e. The van der Waals surface area contributed by atoms with E-state index in [2.05, 4.69) is 40.9 Å². The van der Waals surface area contributed by atoms with Crippen LogP contribution in [0.2, 0.25) is 0 Å². The van der Waals surface area contributed by atoms with Crippen molar-refractivity contribution in [2.45, 2.75) is 44.6 Å². The lowest BCUT2D eigenvalue weighted by atomic mass is 10.2. The molecule has 0 saturated heterocycles. The van der Waals surface area contributed by atoms with E-state index in [1.165, 1.54) is 11.8 Å². The summed E-state index contributed by atoms with van der Waals surface area (Å²) >= 11 is 3.10. The Labute approximate surface area is 139 Å². The first kappa shape index (κ1) is 17.0. The standard InChI is InChI=1S/C15H22N4OS2/c1-5-19-13(12-7-6-8-21-12)17-18-15(19)22-11(4)14(20)16-9-10(2)3/h6-8,10-11H,5,9H2,1-4H3,(H,16,20)/t11-/m0/s1. The third-order valence-corrected chi connectivity index (χ3v) is 5.06. The Morgan fingerprint density at radius 1 is 1.41 bits per heavy atom. The van der Waals surface area contributed by atoms with Crippen molar-refractivity contribution in [3.8, 4) is 10.7 Å². The van der Waals surface area contributed by atoms with Gasteiger partial charge in [0.2, 0.25) is 5.91 Å². The fraction of sp³-hybridized carbons (Fsp3) is 0.533. The molecule has 120 valence electrons. The molecule has 2 heterocycles. The molecule has 0 unspecified atom stereocenters. The van der Waals surface area contributed by atoms with Crippen LogP contribution in [0.25, 0.3) is 10.7 Å². The van der Waals surface area contributed by atoms with Crippen LogP contribution in [-0.2, 0) is 11.3 Å². The van der Waals surface area contributed by atoms with Crippen molar-refractivity contribution in [2.24, 2.45) is 5.92 Å². The molecule has 0 aliphatic heterocycles. The molecule has 2 aromatic rings. The molecule has 2 rings (SSSR count). The van der Waals surface area contributed by atoms with Gasteiger partial charge in [-0.2, -0.15) is 0 Å². The highest BCUT2D eigenvalue weighted by atomic mass is 32.2. The van der Waals surface area contributed by atoms with Crippen LogP contribution in [-0.4, -0.2) is 32.5 Å². The van der Waals surface area contributed by atoms with E-state index in [1.807, 2.05) is 24.4 Å². The molecule has 0 aromatic carbocycles. The molecule has 1 atom stereocenters. The van der Waals surface area contributed by atoms with Gasteiger partial charge in [0.15, 0.2) is 11.0 Å². The molecule has 1 amide bonds. The minimum atomic E-state index is -0.190. The van der Waals surface area contributed by atoms with Gasteiger partial charge in [0.05, 0.1) is 10.1 Å². The lowest BCUT2D eigenvalue weighted by Gasteiger charge is -2.13. The van der Waals surface area contributed by atoms with E-state index >= 15 is 0 Å². The van der Waals surface area contributed by atoms with Crippen LogP contribution in [0.3, 0.4) is 0 Å². The summed E-state index contributed by atoms with van der Waals surface area (Å²) in [6.45, 7) is 9.61. The molecule has 0 aliphatic rings. The predicted octanol–water partition coefficient (Wildman–Crippen LogP) is 3.28. The number of rotatable bonds is 7. The number of hydrogen-bond acceptors (Lipinski definition) is 5. The summed E-state index contributed by atoms with van der Waals surface area (Å²) in [5, 5.41) is 14.1. The maximum Gasteiger partial charge on any atom is 0.233 e. The van der Waals surface area contributed by atoms with E-state index in [1.54, 1.807) is 11.3 Å². The van der Waals surface area contributed by atoms with Crippen LogP contribution >= 0.6 is 23.1 Å². The molecule has 0 bridgehead atoms. The number of thiophene rings is 1. The normalized spacial score (nSPS) is 12.6. The minimum absolute atomic E-state index is 0.0435. The highest BCUT2D eigenvalue weighted by molar-refractivity contribution is 8.00. The molecule has 0 radical (unpaired) electrons. The van der Waals surface area contributed by atoms with Gasteiger partial charge in [-0.05, 0) is 31.2 Å². The molecule has 7 heteroatoms. The number of hydrogen-bond donors (Lipinski definition) is 1. The van der Waals surface area contributed by atoms with Crippen molar-refractivity contribution in [3.05, 3.63) is 17.5 Å². The maximum atomic E-state index is 12.1. The van der Waals surface area contributed by atoms with Gasteiger partial charge in [0, 0.05) is 13.1 Å². The van der Waals surface area contributed by atoms with E-state index in [-0.39, 0.29) is 11.2 Å². The van der Waals surface area contributed by atoms with Gasteiger partial charge in [0.1, 0.15) is 0 Å². The second kappa shape index (κ2) is 7.78. The molecule has 1 N–H and O–H groups in total. The summed E-state index contributed by atoms with van der Waals surface area (Å²) in [4.78, 5) is 13.2. The van der Waals surface area contributed by atoms with E-state index < -0.39 is 0 Å². The van der Waals surface area contributed by atoms with Gasteiger partial charge >= 0.3 is 0 Å². The summed E-state index contributed by atoms with van der Waals surface area (Å²) in [6, 6.07) is 4.04. The topological polar surface area (TPSA) is 59.8 Å². The summed E-state index contributed by atoms with van der Waals surface area (Å²) in [5.41, 5.74) is 0. The lowest BCUT2D eigenvalue weighted by molar-refractivity contribution is -0.120. The first-order valence-electron chi connectivity index (χ1n) is 7.44. The lowest BCUT2D eigenvalue weighted by Crippen LogP contribution is -2.33. The van der Waals surface area contributed by atoms with Gasteiger partial charge in [0.25, 0.3) is 0 Å². The van der Waals surface area contributed by atoms with Gasteiger partial charge in [-0.3, -0.25) is 4.79 Å². The summed E-state index contributed by atoms with van der Waals surface area (Å²) < 4.78 is 2.06. The summed E-state index contributed by atoms with van der Waals surface area (Å²) in [6.07, 6.45) is 0. The van der Waals surface area contributed by atoms with Gasteiger partial charge in [-0.1, -0.05) is 31.7 Å². The van der Waals surface area contributed by atoms with Gasteiger partial charge in [-0.15, -0.1) is 21.5 Å². The Balaban J connectivity index is 2.08. The van der Waals surface area contributed by atoms with Crippen molar-refractivity contribution >= 4 is 29.0 Å². The highest BCUT2D eigenvalue weighted by Gasteiger charge is 2.20. The SMILES string of the molecule is CCn1c(S[C@@H](C)C(=O)NCC(C)C)nnc1-c1cccs1. The molecule has 2 aromatic heterocycles. The van der Waals surface area contributed by atoms with Crippen molar-refractivity contribution in [3.63, 3.8) is 0 Å². The van der Waals surface area contributed by atoms with Crippen LogP contribution in [0.5, 0.6) is 0 Å². The Kier molecular flexibility index (Phi) is 6.02. The Hall–Kier alpha value is -1.34. The number of carbonyl (C=O) groups is 1. The highest BCUT2D eigenvalue weighted by Crippen LogP contribution is 2.29. The first-order valence-corrected chi connectivity index (χ1v) is 9.20. The number of nitrogens with one attached hydrogen (secondary N) is 1. The second-order valence-corrected chi connectivity index (χ2v) is 7.68. The quantitative estimate of drug-likeness (QED) is 0.787. The Morgan fingerprint density at radius 3 is 2.77 bits per heavy atom. The summed E-state index contributed by atoms with van der Waals surface area (Å²) in [5.74, 6) is 1.36.